The number of nitrogens with two attached hydrogens (primary N) is 1. The lowest BCUT2D eigenvalue weighted by Crippen LogP contribution is -2.32. The van der Waals surface area contributed by atoms with Crippen LogP contribution in [-0.2, 0) is 5.41 Å². The molecule has 0 amide bonds. The summed E-state index contributed by atoms with van der Waals surface area (Å²) >= 11 is 1.87. The molecule has 0 radical (unpaired) electrons. The number of fused-ring (bicyclic) bond motifs is 10. The first-order chi connectivity index (χ1) is 23.7. The Bertz CT molecular complexity index is 2500. The molecule has 1 aliphatic carbocycles. The Hall–Kier alpha value is -5.84. The molecular formula is C44H29N3S. The SMILES string of the molecule is Nc1ccc(-c2cc3c(cc2-n2c(-c4ccccc4)nc4ccccc42)C2(c4ccccc4Sc4ccccc42)c2ccccc2-3)cc1. The van der Waals surface area contributed by atoms with Gasteiger partial charge in [-0.05, 0) is 87.5 Å². The molecule has 0 atom stereocenters. The average Bonchev–Trinajstić information content (AvgIpc) is 3.66. The number of hydrogen-bond donors (Lipinski definition) is 1. The maximum atomic E-state index is 6.23. The number of aromatic nitrogens is 2. The Balaban J connectivity index is 1.39. The van der Waals surface area contributed by atoms with Crippen LogP contribution in [0.5, 0.6) is 0 Å². The van der Waals surface area contributed by atoms with E-state index in [1.807, 2.05) is 23.9 Å². The van der Waals surface area contributed by atoms with Crippen LogP contribution < -0.4 is 5.73 Å². The van der Waals surface area contributed by atoms with E-state index < -0.39 is 5.41 Å². The summed E-state index contributed by atoms with van der Waals surface area (Å²) in [5, 5.41) is 0. The molecule has 48 heavy (non-hydrogen) atoms. The van der Waals surface area contributed by atoms with Gasteiger partial charge in [0.05, 0.1) is 22.1 Å². The van der Waals surface area contributed by atoms with E-state index in [1.54, 1.807) is 0 Å². The summed E-state index contributed by atoms with van der Waals surface area (Å²) in [6.45, 7) is 0. The fraction of sp³-hybridized carbons (Fsp3) is 0.0227. The minimum absolute atomic E-state index is 0.484. The number of anilines is 1. The van der Waals surface area contributed by atoms with Crippen LogP contribution in [0.2, 0.25) is 0 Å². The van der Waals surface area contributed by atoms with Gasteiger partial charge in [0.1, 0.15) is 5.82 Å². The summed E-state index contributed by atoms with van der Waals surface area (Å²) in [7, 11) is 0. The van der Waals surface area contributed by atoms with Crippen molar-refractivity contribution in [3.05, 3.63) is 186 Å². The minimum Gasteiger partial charge on any atom is -0.399 e. The van der Waals surface area contributed by atoms with E-state index in [0.29, 0.717) is 0 Å². The van der Waals surface area contributed by atoms with Crippen molar-refractivity contribution in [2.45, 2.75) is 15.2 Å². The Labute approximate surface area is 283 Å². The Morgan fingerprint density at radius 1 is 0.500 bits per heavy atom. The molecule has 8 aromatic rings. The number of imidazole rings is 1. The van der Waals surface area contributed by atoms with Crippen molar-refractivity contribution in [3.8, 4) is 39.3 Å². The molecule has 3 nitrogen and oxygen atoms in total. The van der Waals surface area contributed by atoms with Crippen LogP contribution in [0.15, 0.2) is 174 Å². The normalized spacial score (nSPS) is 13.6. The highest BCUT2D eigenvalue weighted by Crippen LogP contribution is 2.63. The second-order valence-electron chi connectivity index (χ2n) is 12.6. The van der Waals surface area contributed by atoms with Crippen molar-refractivity contribution in [2.75, 3.05) is 5.73 Å². The zero-order chi connectivity index (χ0) is 31.8. The van der Waals surface area contributed by atoms with Gasteiger partial charge in [0.25, 0.3) is 0 Å². The summed E-state index contributed by atoms with van der Waals surface area (Å²) < 4.78 is 2.36. The van der Waals surface area contributed by atoms with Crippen LogP contribution in [0.3, 0.4) is 0 Å². The molecule has 0 bridgehead atoms. The monoisotopic (exact) mass is 631 g/mol. The minimum atomic E-state index is -0.484. The van der Waals surface area contributed by atoms with E-state index in [1.165, 1.54) is 43.2 Å². The van der Waals surface area contributed by atoms with Gasteiger partial charge in [-0.2, -0.15) is 0 Å². The van der Waals surface area contributed by atoms with Crippen LogP contribution >= 0.6 is 11.8 Å². The molecule has 1 aliphatic heterocycles. The molecule has 226 valence electrons. The molecule has 1 aromatic heterocycles. The average molecular weight is 632 g/mol. The number of benzene rings is 7. The van der Waals surface area contributed by atoms with Crippen molar-refractivity contribution in [1.82, 2.24) is 9.55 Å². The zero-order valence-corrected chi connectivity index (χ0v) is 26.8. The topological polar surface area (TPSA) is 43.8 Å². The van der Waals surface area contributed by atoms with E-state index in [0.717, 1.165) is 44.9 Å². The fourth-order valence-corrected chi connectivity index (χ4v) is 9.21. The first-order valence-corrected chi connectivity index (χ1v) is 17.1. The van der Waals surface area contributed by atoms with E-state index in [-0.39, 0.29) is 0 Å². The second-order valence-corrected chi connectivity index (χ2v) is 13.6. The van der Waals surface area contributed by atoms with Gasteiger partial charge >= 0.3 is 0 Å². The Kier molecular flexibility index (Phi) is 5.87. The fourth-order valence-electron chi connectivity index (χ4n) is 8.02. The van der Waals surface area contributed by atoms with Gasteiger partial charge in [-0.25, -0.2) is 4.98 Å². The number of nitrogens with zero attached hydrogens (tertiary/aromatic N) is 2. The molecule has 10 rings (SSSR count). The molecule has 0 fully saturated rings. The van der Waals surface area contributed by atoms with E-state index in [9.17, 15) is 0 Å². The molecule has 4 heteroatoms. The lowest BCUT2D eigenvalue weighted by atomic mass is 9.67. The van der Waals surface area contributed by atoms with Gasteiger partial charge in [0.15, 0.2) is 0 Å². The van der Waals surface area contributed by atoms with Crippen molar-refractivity contribution in [2.24, 2.45) is 0 Å². The smallest absolute Gasteiger partial charge is 0.145 e. The third kappa shape index (κ3) is 3.75. The van der Waals surface area contributed by atoms with Crippen molar-refractivity contribution >= 4 is 28.5 Å². The molecule has 0 saturated heterocycles. The third-order valence-electron chi connectivity index (χ3n) is 10.0. The van der Waals surface area contributed by atoms with Crippen LogP contribution in [0.25, 0.3) is 50.4 Å². The molecule has 7 aromatic carbocycles. The lowest BCUT2D eigenvalue weighted by Gasteiger charge is -2.39. The van der Waals surface area contributed by atoms with Gasteiger partial charge in [0, 0.05) is 26.6 Å². The summed E-state index contributed by atoms with van der Waals surface area (Å²) in [6.07, 6.45) is 0. The predicted molar refractivity (Wildman–Crippen MR) is 198 cm³/mol. The number of rotatable bonds is 3. The highest BCUT2D eigenvalue weighted by molar-refractivity contribution is 7.99. The summed E-state index contributed by atoms with van der Waals surface area (Å²) in [5.41, 5.74) is 20.7. The maximum Gasteiger partial charge on any atom is 0.145 e. The summed E-state index contributed by atoms with van der Waals surface area (Å²) in [4.78, 5) is 7.84. The van der Waals surface area contributed by atoms with Crippen molar-refractivity contribution < 1.29 is 0 Å². The van der Waals surface area contributed by atoms with Gasteiger partial charge < -0.3 is 5.73 Å². The molecule has 2 N–H and O–H groups in total. The molecule has 2 aliphatic rings. The van der Waals surface area contributed by atoms with Gasteiger partial charge in [0.2, 0.25) is 0 Å². The standard InChI is InChI=1S/C44H29N3S/c45-30-24-22-28(23-25-30)32-26-33-31-14-4-5-15-34(31)44(35-16-6-10-20-41(35)48-42-21-11-7-17-36(42)44)37(33)27-40(32)47-39-19-9-8-18-38(39)46-43(47)29-12-2-1-3-13-29/h1-27H,45H2. The number of para-hydroxylation sites is 2. The number of nitrogen functional groups attached to an aromatic ring is 1. The van der Waals surface area contributed by atoms with Gasteiger partial charge in [-0.15, -0.1) is 0 Å². The summed E-state index contributed by atoms with van der Waals surface area (Å²) in [6, 6.07) is 59.1. The van der Waals surface area contributed by atoms with E-state index >= 15 is 0 Å². The van der Waals surface area contributed by atoms with E-state index in [4.69, 9.17) is 10.7 Å². The highest BCUT2D eigenvalue weighted by Gasteiger charge is 2.50. The predicted octanol–water partition coefficient (Wildman–Crippen LogP) is 10.8. The van der Waals surface area contributed by atoms with Crippen LogP contribution in [-0.4, -0.2) is 9.55 Å². The molecule has 0 unspecified atom stereocenters. The number of hydrogen-bond acceptors (Lipinski definition) is 3. The Morgan fingerprint density at radius 2 is 1.12 bits per heavy atom. The first-order valence-electron chi connectivity index (χ1n) is 16.3. The van der Waals surface area contributed by atoms with Gasteiger partial charge in [-0.1, -0.05) is 127 Å². The van der Waals surface area contributed by atoms with Crippen LogP contribution in [0.1, 0.15) is 22.3 Å². The van der Waals surface area contributed by atoms with Gasteiger partial charge in [-0.3, -0.25) is 4.57 Å². The van der Waals surface area contributed by atoms with Crippen molar-refractivity contribution in [3.63, 3.8) is 0 Å². The molecular weight excluding hydrogens is 603 g/mol. The van der Waals surface area contributed by atoms with Crippen LogP contribution in [0, 0.1) is 0 Å². The summed E-state index contributed by atoms with van der Waals surface area (Å²) in [5.74, 6) is 0.915. The molecule has 0 saturated carbocycles. The quantitative estimate of drug-likeness (QED) is 0.197. The van der Waals surface area contributed by atoms with Crippen molar-refractivity contribution in [1.29, 1.82) is 0 Å². The maximum absolute atomic E-state index is 6.23. The van der Waals surface area contributed by atoms with Crippen LogP contribution in [0.4, 0.5) is 5.69 Å². The third-order valence-corrected chi connectivity index (χ3v) is 11.2. The first kappa shape index (κ1) is 27.3. The van der Waals surface area contributed by atoms with E-state index in [2.05, 4.69) is 156 Å². The highest BCUT2D eigenvalue weighted by atomic mass is 32.2. The molecule has 2 heterocycles. The lowest BCUT2D eigenvalue weighted by molar-refractivity contribution is 0.721. The zero-order valence-electron chi connectivity index (χ0n) is 26.0. The largest absolute Gasteiger partial charge is 0.399 e. The Morgan fingerprint density at radius 3 is 1.88 bits per heavy atom. The molecule has 1 spiro atoms. The second kappa shape index (κ2) is 10.3.